The van der Waals surface area contributed by atoms with E-state index in [1.165, 1.54) is 13.1 Å². The Kier molecular flexibility index (Phi) is 3.92. The topological polar surface area (TPSA) is 153 Å². The van der Waals surface area contributed by atoms with Crippen LogP contribution in [0, 0.1) is 13.8 Å². The van der Waals surface area contributed by atoms with E-state index in [1.54, 1.807) is 6.92 Å². The van der Waals surface area contributed by atoms with Gasteiger partial charge >= 0.3 is 15.2 Å². The van der Waals surface area contributed by atoms with Gasteiger partial charge in [0, 0.05) is 6.20 Å². The molecule has 1 heterocycles. The molecule has 0 unspecified atom stereocenters. The van der Waals surface area contributed by atoms with Crippen molar-refractivity contribution in [1.29, 1.82) is 0 Å². The second-order valence-corrected chi connectivity index (χ2v) is 7.93. The van der Waals surface area contributed by atoms with E-state index in [2.05, 4.69) is 4.98 Å². The third-order valence-electron chi connectivity index (χ3n) is 2.41. The summed E-state index contributed by atoms with van der Waals surface area (Å²) in [6.45, 7) is 2.12. The summed E-state index contributed by atoms with van der Waals surface area (Å²) in [6, 6.07) is 0. The number of hydrogen-bond donors (Lipinski definition) is 5. The number of rotatable bonds is 4. The van der Waals surface area contributed by atoms with E-state index in [-0.39, 0.29) is 5.82 Å². The number of nitrogens with zero attached hydrogens (tertiary/aromatic N) is 2. The number of aryl methyl sites for hydroxylation is 2. The normalized spacial score (nSPS) is 13.9. The van der Waals surface area contributed by atoms with Gasteiger partial charge in [-0.3, -0.25) is 9.13 Å². The van der Waals surface area contributed by atoms with Crippen molar-refractivity contribution in [3.8, 4) is 0 Å². The minimum absolute atomic E-state index is 0.271. The summed E-state index contributed by atoms with van der Waals surface area (Å²) in [7, 11) is -10.9. The summed E-state index contributed by atoms with van der Waals surface area (Å²) in [6.07, 6.45) is 1.33. The Morgan fingerprint density at radius 2 is 1.67 bits per heavy atom. The Labute approximate surface area is 102 Å². The van der Waals surface area contributed by atoms with Gasteiger partial charge < -0.3 is 29.2 Å². The van der Waals surface area contributed by atoms with Crippen LogP contribution in [-0.2, 0) is 15.7 Å². The van der Waals surface area contributed by atoms with Gasteiger partial charge in [0.2, 0.25) is 0 Å². The molecular weight excluding hydrogens is 286 g/mol. The average molecular weight is 300 g/mol. The summed E-state index contributed by atoms with van der Waals surface area (Å²) in [5, 5.41) is 6.24. The highest BCUT2D eigenvalue weighted by Gasteiger charge is 2.59. The van der Waals surface area contributed by atoms with Crippen LogP contribution in [0.2, 0.25) is 0 Å². The molecule has 0 radical (unpaired) electrons. The molecule has 0 amide bonds. The second kappa shape index (κ2) is 4.54. The monoisotopic (exact) mass is 300 g/mol. The molecule has 0 aromatic carbocycles. The van der Waals surface area contributed by atoms with E-state index in [1.807, 2.05) is 0 Å². The largest absolute Gasteiger partial charge is 0.371 e. The van der Waals surface area contributed by atoms with Crippen molar-refractivity contribution in [2.24, 2.45) is 0 Å². The third kappa shape index (κ3) is 2.73. The van der Waals surface area contributed by atoms with Gasteiger partial charge in [-0.15, -0.1) is 0 Å². The van der Waals surface area contributed by atoms with Crippen LogP contribution in [0.4, 0.5) is 0 Å². The van der Waals surface area contributed by atoms with Crippen molar-refractivity contribution in [1.82, 2.24) is 9.55 Å². The molecule has 1 rings (SSSR count). The van der Waals surface area contributed by atoms with E-state index >= 15 is 0 Å². The van der Waals surface area contributed by atoms with Gasteiger partial charge in [0.1, 0.15) is 5.82 Å². The molecule has 0 spiro atoms. The van der Waals surface area contributed by atoms with E-state index in [0.29, 0.717) is 5.69 Å². The standard InChI is InChI=1S/C7H14N2O7P2/c1-5-3-9(6(2)8-5)4-7(10,17(11,12)13)18(14,15)16/h3,10H,4H2,1-2H3,(H2,11,12,13)(H2,14,15,16). The van der Waals surface area contributed by atoms with E-state index in [9.17, 15) is 14.2 Å². The van der Waals surface area contributed by atoms with Gasteiger partial charge in [-0.05, 0) is 13.8 Å². The van der Waals surface area contributed by atoms with Crippen LogP contribution in [-0.4, -0.2) is 39.3 Å². The molecule has 0 saturated heterocycles. The lowest BCUT2D eigenvalue weighted by atomic mass is 10.5. The Morgan fingerprint density at radius 1 is 1.22 bits per heavy atom. The smallest absolute Gasteiger partial charge is 0.366 e. The zero-order valence-electron chi connectivity index (χ0n) is 9.63. The fraction of sp³-hybridized carbons (Fsp3) is 0.571. The molecule has 0 aliphatic rings. The minimum Gasteiger partial charge on any atom is -0.366 e. The second-order valence-electron chi connectivity index (χ2n) is 3.92. The first-order valence-corrected chi connectivity index (χ1v) is 7.95. The summed E-state index contributed by atoms with van der Waals surface area (Å²) in [5.74, 6) is 0.271. The maximum absolute atomic E-state index is 11.1. The highest BCUT2D eigenvalue weighted by Crippen LogP contribution is 2.68. The first-order chi connectivity index (χ1) is 7.88. The van der Waals surface area contributed by atoms with Crippen LogP contribution in [0.5, 0.6) is 0 Å². The summed E-state index contributed by atoms with van der Waals surface area (Å²) in [4.78, 5) is 39.8. The predicted molar refractivity (Wildman–Crippen MR) is 60.7 cm³/mol. The highest BCUT2D eigenvalue weighted by molar-refractivity contribution is 7.72. The zero-order chi connectivity index (χ0) is 14.4. The lowest BCUT2D eigenvalue weighted by Crippen LogP contribution is -2.34. The van der Waals surface area contributed by atoms with Gasteiger partial charge in [0.05, 0.1) is 12.2 Å². The van der Waals surface area contributed by atoms with Gasteiger partial charge in [-0.1, -0.05) is 0 Å². The van der Waals surface area contributed by atoms with Crippen LogP contribution < -0.4 is 0 Å². The molecule has 0 fully saturated rings. The van der Waals surface area contributed by atoms with Crippen LogP contribution in [0.25, 0.3) is 0 Å². The molecule has 0 aliphatic carbocycles. The molecule has 0 atom stereocenters. The van der Waals surface area contributed by atoms with Crippen molar-refractivity contribution in [3.05, 3.63) is 17.7 Å². The van der Waals surface area contributed by atoms with Crippen molar-refractivity contribution in [2.75, 3.05) is 0 Å². The number of imidazole rings is 1. The molecule has 9 nitrogen and oxygen atoms in total. The van der Waals surface area contributed by atoms with Crippen molar-refractivity contribution in [2.45, 2.75) is 25.5 Å². The quantitative estimate of drug-likeness (QED) is 0.466. The lowest BCUT2D eigenvalue weighted by molar-refractivity contribution is 0.114. The minimum atomic E-state index is -5.44. The summed E-state index contributed by atoms with van der Waals surface area (Å²) < 4.78 is 23.4. The zero-order valence-corrected chi connectivity index (χ0v) is 11.4. The molecule has 1 aromatic heterocycles. The van der Waals surface area contributed by atoms with E-state index in [0.717, 1.165) is 4.57 Å². The molecular formula is C7H14N2O7P2. The lowest BCUT2D eigenvalue weighted by Gasteiger charge is -2.29. The van der Waals surface area contributed by atoms with Gasteiger partial charge in [-0.25, -0.2) is 4.98 Å². The Hall–Kier alpha value is -0.530. The SMILES string of the molecule is Cc1cn(CC(O)(P(=O)(O)O)P(=O)(O)O)c(C)n1. The number of aromatic nitrogens is 2. The number of aliphatic hydroxyl groups is 1. The van der Waals surface area contributed by atoms with Crippen molar-refractivity contribution < 1.29 is 33.8 Å². The summed E-state index contributed by atoms with van der Waals surface area (Å²) >= 11 is 0. The van der Waals surface area contributed by atoms with Gasteiger partial charge in [-0.2, -0.15) is 0 Å². The van der Waals surface area contributed by atoms with Crippen molar-refractivity contribution >= 4 is 15.2 Å². The van der Waals surface area contributed by atoms with E-state index < -0.39 is 26.8 Å². The van der Waals surface area contributed by atoms with Crippen LogP contribution >= 0.6 is 15.2 Å². The number of hydrogen-bond acceptors (Lipinski definition) is 4. The molecule has 11 heteroatoms. The molecule has 0 aliphatic heterocycles. The van der Waals surface area contributed by atoms with Crippen LogP contribution in [0.3, 0.4) is 0 Å². The van der Waals surface area contributed by atoms with Crippen LogP contribution in [0.15, 0.2) is 6.20 Å². The van der Waals surface area contributed by atoms with Crippen LogP contribution in [0.1, 0.15) is 11.5 Å². The highest BCUT2D eigenvalue weighted by atomic mass is 31.2. The average Bonchev–Trinajstić information content (AvgIpc) is 2.41. The predicted octanol–water partition coefficient (Wildman–Crippen LogP) is -0.499. The fourth-order valence-electron chi connectivity index (χ4n) is 1.41. The fourth-order valence-corrected chi connectivity index (χ4v) is 3.44. The molecule has 0 saturated carbocycles. The maximum Gasteiger partial charge on any atom is 0.371 e. The molecule has 1 aromatic rings. The first kappa shape index (κ1) is 15.5. The van der Waals surface area contributed by atoms with Gasteiger partial charge in [0.15, 0.2) is 0 Å². The first-order valence-electron chi connectivity index (χ1n) is 4.72. The van der Waals surface area contributed by atoms with Gasteiger partial charge in [0.25, 0.3) is 5.08 Å². The Balaban J connectivity index is 3.29. The van der Waals surface area contributed by atoms with Crippen molar-refractivity contribution in [3.63, 3.8) is 0 Å². The Bertz CT molecular complexity index is 520. The third-order valence-corrected chi connectivity index (χ3v) is 6.12. The molecule has 5 N–H and O–H groups in total. The van der Waals surface area contributed by atoms with E-state index in [4.69, 9.17) is 19.6 Å². The summed E-state index contributed by atoms with van der Waals surface area (Å²) in [5.41, 5.74) is 0.492. The molecule has 104 valence electrons. The maximum atomic E-state index is 11.1. The molecule has 18 heavy (non-hydrogen) atoms. The Morgan fingerprint density at radius 3 is 1.94 bits per heavy atom. The molecule has 0 bridgehead atoms.